The molecular formula is C10H8BrClO3. The van der Waals surface area contributed by atoms with Crippen LogP contribution in [0.2, 0.25) is 0 Å². The van der Waals surface area contributed by atoms with Gasteiger partial charge in [-0.25, -0.2) is 4.79 Å². The fourth-order valence-electron chi connectivity index (χ4n) is 0.921. The quantitative estimate of drug-likeness (QED) is 0.926. The molecule has 0 unspecified atom stereocenters. The first-order valence-electron chi connectivity index (χ1n) is 4.06. The first-order chi connectivity index (χ1) is 7.15. The van der Waals surface area contributed by atoms with Gasteiger partial charge in [-0.15, -0.1) is 0 Å². The Balaban J connectivity index is 2.85. The van der Waals surface area contributed by atoms with E-state index in [1.807, 2.05) is 0 Å². The third kappa shape index (κ3) is 3.57. The van der Waals surface area contributed by atoms with Gasteiger partial charge in [0, 0.05) is 5.54 Å². The normalized spacial score (nSPS) is 10.5. The van der Waals surface area contributed by atoms with Crippen LogP contribution in [0.4, 0.5) is 0 Å². The van der Waals surface area contributed by atoms with E-state index in [0.717, 1.165) is 0 Å². The fraction of sp³-hybridized carbons (Fsp3) is 0.100. The van der Waals surface area contributed by atoms with Crippen molar-refractivity contribution < 1.29 is 14.6 Å². The number of benzene rings is 1. The summed E-state index contributed by atoms with van der Waals surface area (Å²) in [6.45, 7) is 0.297. The third-order valence-corrected chi connectivity index (χ3v) is 2.44. The van der Waals surface area contributed by atoms with Crippen molar-refractivity contribution in [2.75, 3.05) is 6.61 Å². The van der Waals surface area contributed by atoms with Gasteiger partial charge in [0.15, 0.2) is 0 Å². The molecule has 3 nitrogen and oxygen atoms in total. The minimum atomic E-state index is -0.986. The van der Waals surface area contributed by atoms with Gasteiger partial charge in [0.25, 0.3) is 0 Å². The molecule has 0 spiro atoms. The molecule has 0 aromatic heterocycles. The van der Waals surface area contributed by atoms with Crippen LogP contribution in [0, 0.1) is 0 Å². The third-order valence-electron chi connectivity index (χ3n) is 1.60. The maximum atomic E-state index is 10.7. The number of carbonyl (C=O) groups is 1. The summed E-state index contributed by atoms with van der Waals surface area (Å²) in [6, 6.07) is 4.58. The molecule has 0 aliphatic heterocycles. The molecule has 80 valence electrons. The van der Waals surface area contributed by atoms with Crippen molar-refractivity contribution in [3.8, 4) is 5.75 Å². The van der Waals surface area contributed by atoms with Crippen LogP contribution in [-0.4, -0.2) is 17.7 Å². The van der Waals surface area contributed by atoms with Crippen molar-refractivity contribution in [2.45, 2.75) is 0 Å². The van der Waals surface area contributed by atoms with Gasteiger partial charge >= 0.3 is 5.97 Å². The second kappa shape index (κ2) is 5.78. The van der Waals surface area contributed by atoms with Crippen LogP contribution < -0.4 is 4.74 Å². The Hall–Kier alpha value is -1.00. The lowest BCUT2D eigenvalue weighted by molar-refractivity contribution is 0.0696. The Labute approximate surface area is 100 Å². The molecular weight excluding hydrogens is 283 g/mol. The molecule has 1 N–H and O–H groups in total. The Kier molecular flexibility index (Phi) is 4.65. The average Bonchev–Trinajstić information content (AvgIpc) is 2.20. The van der Waals surface area contributed by atoms with E-state index in [1.165, 1.54) is 17.7 Å². The van der Waals surface area contributed by atoms with E-state index in [9.17, 15) is 4.79 Å². The van der Waals surface area contributed by atoms with Crippen LogP contribution in [0.3, 0.4) is 0 Å². The highest BCUT2D eigenvalue weighted by molar-refractivity contribution is 9.10. The molecule has 0 atom stereocenters. The summed E-state index contributed by atoms with van der Waals surface area (Å²) >= 11 is 8.58. The molecule has 1 aromatic rings. The molecule has 0 aliphatic rings. The summed E-state index contributed by atoms with van der Waals surface area (Å²) in [4.78, 5) is 10.7. The van der Waals surface area contributed by atoms with Gasteiger partial charge in [-0.3, -0.25) is 0 Å². The van der Waals surface area contributed by atoms with E-state index in [-0.39, 0.29) is 5.56 Å². The molecule has 0 saturated heterocycles. The first-order valence-corrected chi connectivity index (χ1v) is 5.29. The molecule has 0 bridgehead atoms. The highest BCUT2D eigenvalue weighted by Crippen LogP contribution is 2.26. The summed E-state index contributed by atoms with van der Waals surface area (Å²) in [6.07, 6.45) is 1.61. The summed E-state index contributed by atoms with van der Waals surface area (Å²) in [5.41, 5.74) is 1.53. The monoisotopic (exact) mass is 290 g/mol. The lowest BCUT2D eigenvalue weighted by Crippen LogP contribution is -1.99. The Morgan fingerprint density at radius 2 is 2.33 bits per heavy atom. The van der Waals surface area contributed by atoms with Crippen LogP contribution in [0.15, 0.2) is 34.3 Å². The van der Waals surface area contributed by atoms with Crippen molar-refractivity contribution in [3.05, 3.63) is 39.8 Å². The molecule has 0 saturated carbocycles. The lowest BCUT2D eigenvalue weighted by Gasteiger charge is -2.06. The number of ether oxygens (including phenoxy) is 1. The zero-order valence-electron chi connectivity index (χ0n) is 7.61. The van der Waals surface area contributed by atoms with Crippen LogP contribution in [0.5, 0.6) is 5.75 Å². The van der Waals surface area contributed by atoms with Crippen molar-refractivity contribution in [2.24, 2.45) is 0 Å². The van der Waals surface area contributed by atoms with E-state index < -0.39 is 5.97 Å². The Bertz CT molecular complexity index is 390. The number of hydrogen-bond donors (Lipinski definition) is 1. The smallest absolute Gasteiger partial charge is 0.335 e. The van der Waals surface area contributed by atoms with Gasteiger partial charge in [0.1, 0.15) is 12.4 Å². The van der Waals surface area contributed by atoms with Gasteiger partial charge in [-0.1, -0.05) is 11.6 Å². The van der Waals surface area contributed by atoms with Crippen molar-refractivity contribution in [3.63, 3.8) is 0 Å². The molecule has 0 amide bonds. The first kappa shape index (κ1) is 12.1. The van der Waals surface area contributed by atoms with E-state index in [1.54, 1.807) is 12.1 Å². The molecule has 0 heterocycles. The van der Waals surface area contributed by atoms with Crippen LogP contribution in [0.25, 0.3) is 0 Å². The Morgan fingerprint density at radius 1 is 1.60 bits per heavy atom. The zero-order valence-corrected chi connectivity index (χ0v) is 9.96. The molecule has 0 radical (unpaired) electrons. The van der Waals surface area contributed by atoms with Crippen LogP contribution in [-0.2, 0) is 0 Å². The van der Waals surface area contributed by atoms with Crippen molar-refractivity contribution in [1.29, 1.82) is 0 Å². The van der Waals surface area contributed by atoms with Gasteiger partial charge in [-0.05, 0) is 40.2 Å². The highest BCUT2D eigenvalue weighted by Gasteiger charge is 2.07. The summed E-state index contributed by atoms with van der Waals surface area (Å²) in [5.74, 6) is -0.509. The standard InChI is InChI=1S/C10H8BrClO3/c11-8-3-2-7(10(13)14)6-9(8)15-5-1-4-12/h1-4,6H,5H2,(H,13,14)/b4-1+. The van der Waals surface area contributed by atoms with Gasteiger partial charge in [0.2, 0.25) is 0 Å². The largest absolute Gasteiger partial charge is 0.488 e. The maximum Gasteiger partial charge on any atom is 0.335 e. The topological polar surface area (TPSA) is 46.5 Å². The Morgan fingerprint density at radius 3 is 2.93 bits per heavy atom. The number of carboxylic acids is 1. The predicted octanol–water partition coefficient (Wildman–Crippen LogP) is 3.28. The van der Waals surface area contributed by atoms with E-state index in [4.69, 9.17) is 21.4 Å². The second-order valence-corrected chi connectivity index (χ2v) is 3.73. The van der Waals surface area contributed by atoms with Crippen molar-refractivity contribution in [1.82, 2.24) is 0 Å². The van der Waals surface area contributed by atoms with Gasteiger partial charge in [0.05, 0.1) is 10.0 Å². The summed E-state index contributed by atoms with van der Waals surface area (Å²) in [7, 11) is 0. The molecule has 0 fully saturated rings. The minimum Gasteiger partial charge on any atom is -0.488 e. The molecule has 15 heavy (non-hydrogen) atoms. The molecule has 1 aromatic carbocycles. The van der Waals surface area contributed by atoms with E-state index in [0.29, 0.717) is 16.8 Å². The van der Waals surface area contributed by atoms with E-state index >= 15 is 0 Å². The summed E-state index contributed by atoms with van der Waals surface area (Å²) in [5, 5.41) is 8.77. The SMILES string of the molecule is O=C(O)c1ccc(Br)c(OC/C=C/Cl)c1. The lowest BCUT2D eigenvalue weighted by atomic mass is 10.2. The minimum absolute atomic E-state index is 0.183. The average molecular weight is 292 g/mol. The van der Waals surface area contributed by atoms with Crippen LogP contribution >= 0.6 is 27.5 Å². The maximum absolute atomic E-state index is 10.7. The van der Waals surface area contributed by atoms with E-state index in [2.05, 4.69) is 15.9 Å². The molecule has 0 aliphatic carbocycles. The molecule has 1 rings (SSSR count). The number of hydrogen-bond acceptors (Lipinski definition) is 2. The highest BCUT2D eigenvalue weighted by atomic mass is 79.9. The predicted molar refractivity (Wildman–Crippen MR) is 61.6 cm³/mol. The zero-order chi connectivity index (χ0) is 11.3. The van der Waals surface area contributed by atoms with Gasteiger partial charge < -0.3 is 9.84 Å². The number of halogens is 2. The second-order valence-electron chi connectivity index (χ2n) is 2.62. The van der Waals surface area contributed by atoms with Crippen LogP contribution in [0.1, 0.15) is 10.4 Å². The number of carboxylic acid groups (broad SMARTS) is 1. The summed E-state index contributed by atoms with van der Waals surface area (Å²) < 4.78 is 5.99. The van der Waals surface area contributed by atoms with Crippen molar-refractivity contribution >= 4 is 33.5 Å². The fourth-order valence-corrected chi connectivity index (χ4v) is 1.36. The van der Waals surface area contributed by atoms with Gasteiger partial charge in [-0.2, -0.15) is 0 Å². The number of aromatic carboxylic acids is 1. The number of rotatable bonds is 4. The molecule has 5 heteroatoms.